The van der Waals surface area contributed by atoms with Gasteiger partial charge >= 0.3 is 0 Å². The number of benzene rings is 1. The number of para-hydroxylation sites is 1. The van der Waals surface area contributed by atoms with Gasteiger partial charge in [-0.05, 0) is 19.1 Å². The number of hydrogen-bond acceptors (Lipinski definition) is 3. The highest BCUT2D eigenvalue weighted by Crippen LogP contribution is 2.03. The molecule has 0 spiro atoms. The Bertz CT molecular complexity index is 379. The second-order valence-corrected chi connectivity index (χ2v) is 3.86. The van der Waals surface area contributed by atoms with Crippen molar-refractivity contribution in [3.8, 4) is 0 Å². The van der Waals surface area contributed by atoms with Crippen LogP contribution in [0.2, 0.25) is 0 Å². The molecule has 5 nitrogen and oxygen atoms in total. The minimum absolute atomic E-state index is 0.150. The SMILES string of the molecule is CC(CC(N)=O)NC(=O)CNc1ccccc1. The van der Waals surface area contributed by atoms with Gasteiger partial charge in [-0.1, -0.05) is 18.2 Å². The van der Waals surface area contributed by atoms with Gasteiger partial charge < -0.3 is 16.4 Å². The van der Waals surface area contributed by atoms with Crippen LogP contribution in [-0.4, -0.2) is 24.4 Å². The molecule has 0 saturated heterocycles. The number of amides is 2. The van der Waals surface area contributed by atoms with Crippen molar-refractivity contribution in [2.24, 2.45) is 5.73 Å². The molecule has 0 heterocycles. The second-order valence-electron chi connectivity index (χ2n) is 3.86. The molecule has 0 aromatic heterocycles. The highest BCUT2D eigenvalue weighted by atomic mass is 16.2. The molecule has 17 heavy (non-hydrogen) atoms. The number of rotatable bonds is 6. The summed E-state index contributed by atoms with van der Waals surface area (Å²) in [6.45, 7) is 1.91. The molecule has 1 unspecified atom stereocenters. The highest BCUT2D eigenvalue weighted by molar-refractivity contribution is 5.82. The fourth-order valence-electron chi connectivity index (χ4n) is 1.42. The summed E-state index contributed by atoms with van der Waals surface area (Å²) in [4.78, 5) is 22.1. The average Bonchev–Trinajstić information content (AvgIpc) is 2.26. The largest absolute Gasteiger partial charge is 0.376 e. The van der Waals surface area contributed by atoms with Crippen molar-refractivity contribution in [1.82, 2.24) is 5.32 Å². The molecule has 4 N–H and O–H groups in total. The van der Waals surface area contributed by atoms with Crippen molar-refractivity contribution in [2.75, 3.05) is 11.9 Å². The summed E-state index contributed by atoms with van der Waals surface area (Å²) < 4.78 is 0. The molecule has 0 fully saturated rings. The predicted octanol–water partition coefficient (Wildman–Crippen LogP) is 0.479. The molecule has 0 saturated carbocycles. The maximum Gasteiger partial charge on any atom is 0.239 e. The normalized spacial score (nSPS) is 11.6. The third-order valence-electron chi connectivity index (χ3n) is 2.14. The van der Waals surface area contributed by atoms with E-state index in [0.717, 1.165) is 5.69 Å². The van der Waals surface area contributed by atoms with Gasteiger partial charge in [0, 0.05) is 18.2 Å². The van der Waals surface area contributed by atoms with E-state index in [1.54, 1.807) is 6.92 Å². The molecule has 1 atom stereocenters. The first-order valence-electron chi connectivity index (χ1n) is 5.44. The van der Waals surface area contributed by atoms with E-state index in [0.29, 0.717) is 0 Å². The number of carbonyl (C=O) groups excluding carboxylic acids is 2. The molecular weight excluding hydrogens is 218 g/mol. The van der Waals surface area contributed by atoms with Gasteiger partial charge in [0.25, 0.3) is 0 Å². The van der Waals surface area contributed by atoms with E-state index >= 15 is 0 Å². The fourth-order valence-corrected chi connectivity index (χ4v) is 1.42. The summed E-state index contributed by atoms with van der Waals surface area (Å²) in [5, 5.41) is 5.65. The van der Waals surface area contributed by atoms with E-state index < -0.39 is 5.91 Å². The van der Waals surface area contributed by atoms with Gasteiger partial charge in [-0.25, -0.2) is 0 Å². The molecule has 0 aliphatic rings. The lowest BCUT2D eigenvalue weighted by molar-refractivity contribution is -0.121. The number of anilines is 1. The van der Waals surface area contributed by atoms with Crippen LogP contribution in [0, 0.1) is 0 Å². The molecule has 0 bridgehead atoms. The van der Waals surface area contributed by atoms with Crippen LogP contribution in [0.15, 0.2) is 30.3 Å². The van der Waals surface area contributed by atoms with Crippen LogP contribution < -0.4 is 16.4 Å². The van der Waals surface area contributed by atoms with Gasteiger partial charge in [-0.15, -0.1) is 0 Å². The lowest BCUT2D eigenvalue weighted by Gasteiger charge is -2.12. The number of hydrogen-bond donors (Lipinski definition) is 3. The van der Waals surface area contributed by atoms with E-state index in [9.17, 15) is 9.59 Å². The second kappa shape index (κ2) is 6.52. The molecule has 1 aromatic rings. The summed E-state index contributed by atoms with van der Waals surface area (Å²) >= 11 is 0. The summed E-state index contributed by atoms with van der Waals surface area (Å²) in [7, 11) is 0. The van der Waals surface area contributed by atoms with E-state index in [1.807, 2.05) is 30.3 Å². The van der Waals surface area contributed by atoms with Crippen molar-refractivity contribution in [1.29, 1.82) is 0 Å². The Labute approximate surface area is 100 Å². The first kappa shape index (κ1) is 13.0. The standard InChI is InChI=1S/C12H17N3O2/c1-9(7-11(13)16)15-12(17)8-14-10-5-3-2-4-6-10/h2-6,9,14H,7-8H2,1H3,(H2,13,16)(H,15,17). The third-order valence-corrected chi connectivity index (χ3v) is 2.14. The average molecular weight is 235 g/mol. The number of primary amides is 1. The minimum Gasteiger partial charge on any atom is -0.376 e. The quantitative estimate of drug-likeness (QED) is 0.670. The fraction of sp³-hybridized carbons (Fsp3) is 0.333. The topological polar surface area (TPSA) is 84.2 Å². The monoisotopic (exact) mass is 235 g/mol. The van der Waals surface area contributed by atoms with Crippen LogP contribution in [-0.2, 0) is 9.59 Å². The smallest absolute Gasteiger partial charge is 0.239 e. The van der Waals surface area contributed by atoms with Crippen molar-refractivity contribution < 1.29 is 9.59 Å². The summed E-state index contributed by atoms with van der Waals surface area (Å²) in [6.07, 6.45) is 0.150. The Hall–Kier alpha value is -2.04. The maximum absolute atomic E-state index is 11.5. The van der Waals surface area contributed by atoms with Gasteiger partial charge in [0.05, 0.1) is 6.54 Å². The zero-order valence-electron chi connectivity index (χ0n) is 9.77. The predicted molar refractivity (Wildman–Crippen MR) is 66.3 cm³/mol. The molecule has 0 radical (unpaired) electrons. The Balaban J connectivity index is 2.28. The van der Waals surface area contributed by atoms with Crippen molar-refractivity contribution in [3.63, 3.8) is 0 Å². The van der Waals surface area contributed by atoms with Gasteiger partial charge in [0.1, 0.15) is 0 Å². The lowest BCUT2D eigenvalue weighted by Crippen LogP contribution is -2.38. The van der Waals surface area contributed by atoms with Crippen LogP contribution in [0.3, 0.4) is 0 Å². The van der Waals surface area contributed by atoms with Gasteiger partial charge in [0.2, 0.25) is 11.8 Å². The van der Waals surface area contributed by atoms with Crippen molar-refractivity contribution in [2.45, 2.75) is 19.4 Å². The molecule has 2 amide bonds. The van der Waals surface area contributed by atoms with Crippen molar-refractivity contribution >= 4 is 17.5 Å². The summed E-state index contributed by atoms with van der Waals surface area (Å²) in [5.74, 6) is -0.587. The van der Waals surface area contributed by atoms with E-state index in [2.05, 4.69) is 10.6 Å². The minimum atomic E-state index is -0.422. The maximum atomic E-state index is 11.5. The molecule has 1 aromatic carbocycles. The van der Waals surface area contributed by atoms with Crippen LogP contribution in [0.1, 0.15) is 13.3 Å². The van der Waals surface area contributed by atoms with Crippen LogP contribution in [0.4, 0.5) is 5.69 Å². The summed E-state index contributed by atoms with van der Waals surface area (Å²) in [5.41, 5.74) is 5.91. The zero-order chi connectivity index (χ0) is 12.7. The number of nitrogens with two attached hydrogens (primary N) is 1. The van der Waals surface area contributed by atoms with Gasteiger partial charge in [-0.3, -0.25) is 9.59 Å². The molecule has 0 aliphatic carbocycles. The van der Waals surface area contributed by atoms with Crippen LogP contribution in [0.25, 0.3) is 0 Å². The first-order chi connectivity index (χ1) is 8.08. The van der Waals surface area contributed by atoms with E-state index in [1.165, 1.54) is 0 Å². The molecule has 0 aliphatic heterocycles. The van der Waals surface area contributed by atoms with E-state index in [-0.39, 0.29) is 24.9 Å². The molecular formula is C12H17N3O2. The lowest BCUT2D eigenvalue weighted by atomic mass is 10.2. The number of nitrogens with one attached hydrogen (secondary N) is 2. The Morgan fingerprint density at radius 1 is 1.29 bits per heavy atom. The Morgan fingerprint density at radius 2 is 1.94 bits per heavy atom. The molecule has 1 rings (SSSR count). The van der Waals surface area contributed by atoms with Crippen molar-refractivity contribution in [3.05, 3.63) is 30.3 Å². The molecule has 92 valence electrons. The Kier molecular flexibility index (Phi) is 5.00. The van der Waals surface area contributed by atoms with Gasteiger partial charge in [0.15, 0.2) is 0 Å². The highest BCUT2D eigenvalue weighted by Gasteiger charge is 2.09. The zero-order valence-corrected chi connectivity index (χ0v) is 9.77. The first-order valence-corrected chi connectivity index (χ1v) is 5.44. The van der Waals surface area contributed by atoms with E-state index in [4.69, 9.17) is 5.73 Å². The summed E-state index contributed by atoms with van der Waals surface area (Å²) in [6, 6.07) is 9.18. The third kappa shape index (κ3) is 5.55. The molecule has 5 heteroatoms. The number of carbonyl (C=O) groups is 2. The van der Waals surface area contributed by atoms with Gasteiger partial charge in [-0.2, -0.15) is 0 Å². The van der Waals surface area contributed by atoms with Crippen LogP contribution in [0.5, 0.6) is 0 Å². The Morgan fingerprint density at radius 3 is 2.53 bits per heavy atom. The van der Waals surface area contributed by atoms with Crippen LogP contribution >= 0.6 is 0 Å².